The second-order valence-corrected chi connectivity index (χ2v) is 7.88. The summed E-state index contributed by atoms with van der Waals surface area (Å²) in [6, 6.07) is 12.9. The van der Waals surface area contributed by atoms with Crippen molar-refractivity contribution >= 4 is 23.4 Å². The predicted molar refractivity (Wildman–Crippen MR) is 116 cm³/mol. The van der Waals surface area contributed by atoms with Gasteiger partial charge in [0.15, 0.2) is 5.76 Å². The molecule has 0 radical (unpaired) electrons. The van der Waals surface area contributed by atoms with Gasteiger partial charge < -0.3 is 24.4 Å². The molecule has 0 saturated carbocycles. The van der Waals surface area contributed by atoms with E-state index in [-0.39, 0.29) is 36.4 Å². The highest BCUT2D eigenvalue weighted by Crippen LogP contribution is 2.21. The number of rotatable bonds is 6. The summed E-state index contributed by atoms with van der Waals surface area (Å²) in [5.74, 6) is -0.193. The lowest BCUT2D eigenvalue weighted by atomic mass is 10.2. The van der Waals surface area contributed by atoms with Crippen molar-refractivity contribution in [2.75, 3.05) is 44.2 Å². The van der Waals surface area contributed by atoms with Gasteiger partial charge in [-0.25, -0.2) is 0 Å². The number of nitrogens with one attached hydrogen (secondary N) is 1. The van der Waals surface area contributed by atoms with Crippen LogP contribution in [0, 0.1) is 0 Å². The van der Waals surface area contributed by atoms with Crippen LogP contribution in [0.5, 0.6) is 0 Å². The van der Waals surface area contributed by atoms with Crippen LogP contribution in [0.15, 0.2) is 53.1 Å². The van der Waals surface area contributed by atoms with E-state index in [4.69, 9.17) is 4.42 Å². The van der Waals surface area contributed by atoms with E-state index in [9.17, 15) is 14.4 Å². The van der Waals surface area contributed by atoms with Gasteiger partial charge >= 0.3 is 0 Å². The Labute approximate surface area is 181 Å². The van der Waals surface area contributed by atoms with Crippen LogP contribution in [0.4, 0.5) is 5.69 Å². The number of furan rings is 1. The van der Waals surface area contributed by atoms with Crippen molar-refractivity contribution in [3.8, 4) is 0 Å². The lowest BCUT2D eigenvalue weighted by Crippen LogP contribution is -2.50. The Hall–Kier alpha value is -3.29. The molecule has 0 bridgehead atoms. The highest BCUT2D eigenvalue weighted by molar-refractivity contribution is 5.96. The fourth-order valence-corrected chi connectivity index (χ4v) is 4.25. The summed E-state index contributed by atoms with van der Waals surface area (Å²) >= 11 is 0. The second kappa shape index (κ2) is 9.68. The zero-order chi connectivity index (χ0) is 21.6. The molecular formula is C23H28N4O4. The van der Waals surface area contributed by atoms with Crippen LogP contribution in [-0.2, 0) is 9.59 Å². The summed E-state index contributed by atoms with van der Waals surface area (Å²) < 4.78 is 5.17. The topological polar surface area (TPSA) is 86.1 Å². The first-order valence-corrected chi connectivity index (χ1v) is 10.8. The molecule has 3 amide bonds. The first-order chi connectivity index (χ1) is 15.1. The molecule has 8 nitrogen and oxygen atoms in total. The van der Waals surface area contributed by atoms with Crippen LogP contribution in [0.1, 0.15) is 29.8 Å². The van der Waals surface area contributed by atoms with Gasteiger partial charge in [-0.05, 0) is 37.1 Å². The van der Waals surface area contributed by atoms with Crippen LogP contribution in [0.3, 0.4) is 0 Å². The standard InChI is InChI=1S/C23H28N4O4/c28-21(26-15-13-25(14-16-26)18-6-2-1-3-7-18)10-11-24-22(29)19-8-4-12-27(19)23(30)20-9-5-17-31-20/h1-3,5-7,9,17,19H,4,8,10-16H2,(H,24,29). The molecule has 4 rings (SSSR count). The number of amides is 3. The van der Waals surface area contributed by atoms with E-state index in [0.29, 0.717) is 26.1 Å². The van der Waals surface area contributed by atoms with Crippen molar-refractivity contribution in [2.24, 2.45) is 0 Å². The van der Waals surface area contributed by atoms with Crippen molar-refractivity contribution in [2.45, 2.75) is 25.3 Å². The number of benzene rings is 1. The van der Waals surface area contributed by atoms with Crippen LogP contribution in [0.25, 0.3) is 0 Å². The van der Waals surface area contributed by atoms with E-state index in [1.54, 1.807) is 17.0 Å². The number of para-hydroxylation sites is 1. The third kappa shape index (κ3) is 4.90. The Morgan fingerprint density at radius 1 is 0.968 bits per heavy atom. The normalized spacial score (nSPS) is 18.8. The molecule has 0 spiro atoms. The van der Waals surface area contributed by atoms with Crippen molar-refractivity contribution < 1.29 is 18.8 Å². The SMILES string of the molecule is O=C(NCCC(=O)N1CCN(c2ccccc2)CC1)C1CCCN1C(=O)c1ccco1. The Bertz CT molecular complexity index is 892. The summed E-state index contributed by atoms with van der Waals surface area (Å²) in [7, 11) is 0. The number of anilines is 1. The Kier molecular flexibility index (Phi) is 6.54. The van der Waals surface area contributed by atoms with Gasteiger partial charge in [0.1, 0.15) is 6.04 Å². The minimum atomic E-state index is -0.512. The molecule has 2 saturated heterocycles. The number of hydrogen-bond donors (Lipinski definition) is 1. The number of hydrogen-bond acceptors (Lipinski definition) is 5. The summed E-state index contributed by atoms with van der Waals surface area (Å²) in [5, 5.41) is 2.84. The average Bonchev–Trinajstić information content (AvgIpc) is 3.52. The predicted octanol–water partition coefficient (Wildman–Crippen LogP) is 1.74. The van der Waals surface area contributed by atoms with Crippen LogP contribution in [-0.4, -0.2) is 72.8 Å². The fourth-order valence-electron chi connectivity index (χ4n) is 4.25. The summed E-state index contributed by atoms with van der Waals surface area (Å²) in [6.45, 7) is 3.76. The summed E-state index contributed by atoms with van der Waals surface area (Å²) in [6.07, 6.45) is 3.10. The molecule has 1 N–H and O–H groups in total. The maximum Gasteiger partial charge on any atom is 0.290 e. The van der Waals surface area contributed by atoms with Crippen LogP contribution >= 0.6 is 0 Å². The molecule has 8 heteroatoms. The van der Waals surface area contributed by atoms with Crippen LogP contribution < -0.4 is 10.2 Å². The molecule has 164 valence electrons. The minimum absolute atomic E-state index is 0.0444. The minimum Gasteiger partial charge on any atom is -0.459 e. The van der Waals surface area contributed by atoms with Gasteiger partial charge in [0.2, 0.25) is 11.8 Å². The molecule has 1 aromatic heterocycles. The zero-order valence-electron chi connectivity index (χ0n) is 17.5. The van der Waals surface area contributed by atoms with Gasteiger partial charge in [-0.15, -0.1) is 0 Å². The molecule has 1 unspecified atom stereocenters. The third-order valence-electron chi connectivity index (χ3n) is 5.94. The quantitative estimate of drug-likeness (QED) is 0.764. The lowest BCUT2D eigenvalue weighted by molar-refractivity contribution is -0.131. The smallest absolute Gasteiger partial charge is 0.290 e. The first kappa shape index (κ1) is 21.0. The number of likely N-dealkylation sites (tertiary alicyclic amines) is 1. The highest BCUT2D eigenvalue weighted by Gasteiger charge is 2.35. The molecule has 0 aliphatic carbocycles. The second-order valence-electron chi connectivity index (χ2n) is 7.88. The van der Waals surface area contributed by atoms with E-state index in [1.165, 1.54) is 12.0 Å². The van der Waals surface area contributed by atoms with Crippen molar-refractivity contribution in [1.82, 2.24) is 15.1 Å². The van der Waals surface area contributed by atoms with E-state index < -0.39 is 6.04 Å². The largest absolute Gasteiger partial charge is 0.459 e. The van der Waals surface area contributed by atoms with Gasteiger partial charge in [0.05, 0.1) is 6.26 Å². The maximum absolute atomic E-state index is 12.6. The van der Waals surface area contributed by atoms with E-state index in [0.717, 1.165) is 19.5 Å². The molecule has 2 aliphatic heterocycles. The molecule has 3 heterocycles. The third-order valence-corrected chi connectivity index (χ3v) is 5.94. The fraction of sp³-hybridized carbons (Fsp3) is 0.435. The zero-order valence-corrected chi connectivity index (χ0v) is 17.5. The number of piperazine rings is 1. The number of carbonyl (C=O) groups excluding carboxylic acids is 3. The van der Waals surface area contributed by atoms with Crippen LogP contribution in [0.2, 0.25) is 0 Å². The Morgan fingerprint density at radius 3 is 2.45 bits per heavy atom. The van der Waals surface area contributed by atoms with Gasteiger partial charge in [0.25, 0.3) is 5.91 Å². The van der Waals surface area contributed by atoms with E-state index in [1.807, 2.05) is 23.1 Å². The number of nitrogens with zero attached hydrogens (tertiary/aromatic N) is 3. The molecule has 31 heavy (non-hydrogen) atoms. The maximum atomic E-state index is 12.6. The molecule has 1 aromatic carbocycles. The molecule has 2 aromatic rings. The van der Waals surface area contributed by atoms with Crippen molar-refractivity contribution in [1.29, 1.82) is 0 Å². The first-order valence-electron chi connectivity index (χ1n) is 10.8. The number of carbonyl (C=O) groups is 3. The molecular weight excluding hydrogens is 396 g/mol. The van der Waals surface area contributed by atoms with Crippen molar-refractivity contribution in [3.05, 3.63) is 54.5 Å². The average molecular weight is 425 g/mol. The molecule has 2 aliphatic rings. The summed E-state index contributed by atoms with van der Waals surface area (Å²) in [4.78, 5) is 43.4. The van der Waals surface area contributed by atoms with Gasteiger partial charge in [0, 0.05) is 51.4 Å². The molecule has 2 fully saturated rings. The van der Waals surface area contributed by atoms with Gasteiger partial charge in [-0.2, -0.15) is 0 Å². The van der Waals surface area contributed by atoms with Crippen molar-refractivity contribution in [3.63, 3.8) is 0 Å². The van der Waals surface area contributed by atoms with Gasteiger partial charge in [-0.1, -0.05) is 18.2 Å². The monoisotopic (exact) mass is 424 g/mol. The highest BCUT2D eigenvalue weighted by atomic mass is 16.3. The van der Waals surface area contributed by atoms with E-state index in [2.05, 4.69) is 22.3 Å². The molecule has 1 atom stereocenters. The Balaban J connectivity index is 1.21. The lowest BCUT2D eigenvalue weighted by Gasteiger charge is -2.36. The summed E-state index contributed by atoms with van der Waals surface area (Å²) in [5.41, 5.74) is 1.17. The Morgan fingerprint density at radius 2 is 1.74 bits per heavy atom. The van der Waals surface area contributed by atoms with Gasteiger partial charge in [-0.3, -0.25) is 14.4 Å². The van der Waals surface area contributed by atoms with E-state index >= 15 is 0 Å².